The number of aldehydes is 1. The number of carbonyl (C=O) groups excluding carboxylic acids is 2. The van der Waals surface area contributed by atoms with E-state index in [1.807, 2.05) is 0 Å². The van der Waals surface area contributed by atoms with E-state index in [1.54, 1.807) is 24.3 Å². The van der Waals surface area contributed by atoms with Crippen LogP contribution in [0.4, 0.5) is 4.39 Å². The summed E-state index contributed by atoms with van der Waals surface area (Å²) in [6.45, 7) is 0. The van der Waals surface area contributed by atoms with Gasteiger partial charge in [-0.15, -0.1) is 0 Å². The average molecular weight is 258 g/mol. The van der Waals surface area contributed by atoms with Crippen LogP contribution in [0.25, 0.3) is 0 Å². The highest BCUT2D eigenvalue weighted by atomic mass is 19.1. The molecule has 19 heavy (non-hydrogen) atoms. The van der Waals surface area contributed by atoms with Gasteiger partial charge in [0.25, 0.3) is 0 Å². The third-order valence-electron chi connectivity index (χ3n) is 2.74. The molecular formula is C15H11FO3. The number of methoxy groups -OCH3 is 1. The summed E-state index contributed by atoms with van der Waals surface area (Å²) in [7, 11) is 1.52. The Labute approximate surface area is 109 Å². The van der Waals surface area contributed by atoms with E-state index in [1.165, 1.54) is 13.2 Å². The van der Waals surface area contributed by atoms with Crippen molar-refractivity contribution in [1.82, 2.24) is 0 Å². The highest BCUT2D eigenvalue weighted by Crippen LogP contribution is 2.18. The fraction of sp³-hybridized carbons (Fsp3) is 0.0667. The molecule has 0 fully saturated rings. The minimum Gasteiger partial charge on any atom is -0.497 e. The zero-order valence-electron chi connectivity index (χ0n) is 10.2. The molecule has 3 nitrogen and oxygen atoms in total. The van der Waals surface area contributed by atoms with E-state index in [9.17, 15) is 14.0 Å². The molecular weight excluding hydrogens is 247 g/mol. The van der Waals surface area contributed by atoms with Gasteiger partial charge < -0.3 is 4.74 Å². The molecule has 0 heterocycles. The summed E-state index contributed by atoms with van der Waals surface area (Å²) >= 11 is 0. The minimum atomic E-state index is -0.553. The molecule has 0 N–H and O–H groups in total. The zero-order valence-corrected chi connectivity index (χ0v) is 10.2. The van der Waals surface area contributed by atoms with Crippen molar-refractivity contribution < 1.29 is 18.7 Å². The summed E-state index contributed by atoms with van der Waals surface area (Å²) in [6.07, 6.45) is 0.538. The van der Waals surface area contributed by atoms with Crippen molar-refractivity contribution in [2.24, 2.45) is 0 Å². The molecule has 0 amide bonds. The first-order valence-electron chi connectivity index (χ1n) is 5.59. The molecule has 0 aliphatic rings. The topological polar surface area (TPSA) is 43.4 Å². The smallest absolute Gasteiger partial charge is 0.193 e. The van der Waals surface area contributed by atoms with Crippen LogP contribution in [0.15, 0.2) is 42.5 Å². The molecule has 0 saturated carbocycles. The van der Waals surface area contributed by atoms with E-state index in [0.717, 1.165) is 12.1 Å². The number of hydrogen-bond donors (Lipinski definition) is 0. The van der Waals surface area contributed by atoms with Crippen LogP contribution in [0.1, 0.15) is 26.3 Å². The van der Waals surface area contributed by atoms with Crippen LogP contribution in [0.3, 0.4) is 0 Å². The van der Waals surface area contributed by atoms with Crippen molar-refractivity contribution in [2.75, 3.05) is 7.11 Å². The van der Waals surface area contributed by atoms with Gasteiger partial charge in [-0.25, -0.2) is 4.39 Å². The van der Waals surface area contributed by atoms with E-state index < -0.39 is 11.6 Å². The highest BCUT2D eigenvalue weighted by Gasteiger charge is 2.14. The Hall–Kier alpha value is -2.49. The summed E-state index contributed by atoms with van der Waals surface area (Å²) in [5.74, 6) is -0.335. The second kappa shape index (κ2) is 5.44. The van der Waals surface area contributed by atoms with Gasteiger partial charge in [0.15, 0.2) is 12.1 Å². The fourth-order valence-corrected chi connectivity index (χ4v) is 1.73. The van der Waals surface area contributed by atoms with Crippen LogP contribution in [-0.2, 0) is 0 Å². The molecule has 0 aliphatic carbocycles. The van der Waals surface area contributed by atoms with E-state index in [-0.39, 0.29) is 11.1 Å². The Kier molecular flexibility index (Phi) is 3.71. The molecule has 0 aromatic heterocycles. The number of benzene rings is 2. The van der Waals surface area contributed by atoms with Gasteiger partial charge in [-0.05, 0) is 42.5 Å². The van der Waals surface area contributed by atoms with Crippen molar-refractivity contribution in [3.8, 4) is 5.75 Å². The van der Waals surface area contributed by atoms with Crippen molar-refractivity contribution >= 4 is 12.1 Å². The third kappa shape index (κ3) is 2.68. The van der Waals surface area contributed by atoms with Gasteiger partial charge in [0, 0.05) is 16.7 Å². The molecule has 0 spiro atoms. The van der Waals surface area contributed by atoms with Crippen LogP contribution < -0.4 is 4.74 Å². The number of halogens is 1. The van der Waals surface area contributed by atoms with Gasteiger partial charge in [-0.1, -0.05) is 0 Å². The number of ketones is 1. The molecule has 0 saturated heterocycles. The number of ether oxygens (including phenoxy) is 1. The van der Waals surface area contributed by atoms with E-state index in [0.29, 0.717) is 17.6 Å². The lowest BCUT2D eigenvalue weighted by atomic mass is 9.99. The molecule has 0 atom stereocenters. The molecule has 2 aromatic rings. The van der Waals surface area contributed by atoms with Crippen LogP contribution in [-0.4, -0.2) is 19.2 Å². The molecule has 4 heteroatoms. The van der Waals surface area contributed by atoms with Crippen molar-refractivity contribution in [2.45, 2.75) is 0 Å². The number of carbonyl (C=O) groups is 2. The molecule has 0 bridgehead atoms. The van der Waals surface area contributed by atoms with Crippen molar-refractivity contribution in [1.29, 1.82) is 0 Å². The van der Waals surface area contributed by atoms with Gasteiger partial charge in [-0.3, -0.25) is 9.59 Å². The lowest BCUT2D eigenvalue weighted by Crippen LogP contribution is -2.05. The number of rotatable bonds is 4. The van der Waals surface area contributed by atoms with Gasteiger partial charge in [-0.2, -0.15) is 0 Å². The molecule has 0 radical (unpaired) electrons. The van der Waals surface area contributed by atoms with Crippen molar-refractivity contribution in [3.05, 3.63) is 65.0 Å². The average Bonchev–Trinajstić information content (AvgIpc) is 2.46. The Morgan fingerprint density at radius 1 is 1.16 bits per heavy atom. The second-order valence-corrected chi connectivity index (χ2v) is 3.91. The first kappa shape index (κ1) is 13.0. The highest BCUT2D eigenvalue weighted by molar-refractivity contribution is 6.12. The summed E-state index contributed by atoms with van der Waals surface area (Å²) in [4.78, 5) is 23.1. The molecule has 0 unspecified atom stereocenters. The zero-order chi connectivity index (χ0) is 13.8. The number of hydrogen-bond acceptors (Lipinski definition) is 3. The Balaban J connectivity index is 2.42. The van der Waals surface area contributed by atoms with E-state index in [4.69, 9.17) is 4.74 Å². The minimum absolute atomic E-state index is 0.0557. The van der Waals surface area contributed by atoms with Gasteiger partial charge in [0.05, 0.1) is 7.11 Å². The SMILES string of the molecule is COc1ccc(C(=O)c2cc(F)ccc2C=O)cc1. The first-order valence-corrected chi connectivity index (χ1v) is 5.59. The fourth-order valence-electron chi connectivity index (χ4n) is 1.73. The maximum atomic E-state index is 13.2. The van der Waals surface area contributed by atoms with E-state index in [2.05, 4.69) is 0 Å². The quantitative estimate of drug-likeness (QED) is 0.625. The van der Waals surface area contributed by atoms with Gasteiger partial charge >= 0.3 is 0 Å². The van der Waals surface area contributed by atoms with Gasteiger partial charge in [0.2, 0.25) is 0 Å². The monoisotopic (exact) mass is 258 g/mol. The van der Waals surface area contributed by atoms with Crippen LogP contribution in [0.2, 0.25) is 0 Å². The molecule has 2 rings (SSSR count). The Morgan fingerprint density at radius 3 is 2.42 bits per heavy atom. The summed E-state index contributed by atoms with van der Waals surface area (Å²) in [6, 6.07) is 9.91. The van der Waals surface area contributed by atoms with Crippen LogP contribution >= 0.6 is 0 Å². The predicted molar refractivity (Wildman–Crippen MR) is 68.2 cm³/mol. The summed E-state index contributed by atoms with van der Waals surface area (Å²) in [5, 5.41) is 0. The Bertz CT molecular complexity index is 618. The summed E-state index contributed by atoms with van der Waals surface area (Å²) < 4.78 is 18.2. The summed E-state index contributed by atoms with van der Waals surface area (Å²) in [5.41, 5.74) is 0.594. The standard InChI is InChI=1S/C15H11FO3/c1-19-13-6-3-10(4-7-13)15(18)14-8-12(16)5-2-11(14)9-17/h2-9H,1H3. The predicted octanol–water partition coefficient (Wildman–Crippen LogP) is 2.88. The van der Waals surface area contributed by atoms with Crippen molar-refractivity contribution in [3.63, 3.8) is 0 Å². The first-order chi connectivity index (χ1) is 9.15. The second-order valence-electron chi connectivity index (χ2n) is 3.91. The molecule has 0 aliphatic heterocycles. The van der Waals surface area contributed by atoms with Gasteiger partial charge in [0.1, 0.15) is 11.6 Å². The lowest BCUT2D eigenvalue weighted by Gasteiger charge is -2.05. The normalized spacial score (nSPS) is 10.0. The van der Waals surface area contributed by atoms with Crippen LogP contribution in [0.5, 0.6) is 5.75 Å². The largest absolute Gasteiger partial charge is 0.497 e. The maximum absolute atomic E-state index is 13.2. The molecule has 96 valence electrons. The van der Waals surface area contributed by atoms with Crippen LogP contribution in [0, 0.1) is 5.82 Å². The Morgan fingerprint density at radius 2 is 1.84 bits per heavy atom. The van der Waals surface area contributed by atoms with E-state index >= 15 is 0 Å². The maximum Gasteiger partial charge on any atom is 0.193 e. The third-order valence-corrected chi connectivity index (χ3v) is 2.74. The molecule has 2 aromatic carbocycles. The lowest BCUT2D eigenvalue weighted by molar-refractivity contribution is 0.102.